The van der Waals surface area contributed by atoms with Crippen LogP contribution in [0.4, 0.5) is 0 Å². The van der Waals surface area contributed by atoms with Gasteiger partial charge in [-0.2, -0.15) is 0 Å². The second kappa shape index (κ2) is 8.59. The van der Waals surface area contributed by atoms with Gasteiger partial charge in [0.05, 0.1) is 7.11 Å². The summed E-state index contributed by atoms with van der Waals surface area (Å²) < 4.78 is 17.1. The van der Waals surface area contributed by atoms with Gasteiger partial charge in [-0.25, -0.2) is 0 Å². The number of hydrogen-bond donors (Lipinski definition) is 0. The highest BCUT2D eigenvalue weighted by Gasteiger charge is 2.16. The van der Waals surface area contributed by atoms with Gasteiger partial charge in [0.25, 0.3) is 0 Å². The third kappa shape index (κ3) is 4.32. The van der Waals surface area contributed by atoms with Crippen LogP contribution in [0.2, 0.25) is 0 Å². The quantitative estimate of drug-likeness (QED) is 0.304. The molecular formula is C27H24N4O3. The SMILES string of the molecule is COc1ccc(-c2nnc(-c3cccc(-c4nnc(-c5ccc(C(C)(C)C)cc5)o4)c3)o2)cc1. The van der Waals surface area contributed by atoms with Gasteiger partial charge in [-0.3, -0.25) is 0 Å². The molecule has 0 spiro atoms. The van der Waals surface area contributed by atoms with E-state index in [4.69, 9.17) is 13.6 Å². The summed E-state index contributed by atoms with van der Waals surface area (Å²) in [5.41, 5.74) is 4.56. The minimum atomic E-state index is 0.0843. The topological polar surface area (TPSA) is 87.1 Å². The third-order valence-electron chi connectivity index (χ3n) is 5.54. The van der Waals surface area contributed by atoms with Gasteiger partial charge >= 0.3 is 0 Å². The Morgan fingerprint density at radius 3 is 1.47 bits per heavy atom. The lowest BCUT2D eigenvalue weighted by atomic mass is 9.87. The fourth-order valence-electron chi connectivity index (χ4n) is 3.54. The molecule has 0 N–H and O–H groups in total. The fraction of sp³-hybridized carbons (Fsp3) is 0.185. The van der Waals surface area contributed by atoms with Gasteiger partial charge in [-0.05, 0) is 65.6 Å². The fourth-order valence-corrected chi connectivity index (χ4v) is 3.54. The van der Waals surface area contributed by atoms with Crippen molar-refractivity contribution in [2.45, 2.75) is 26.2 Å². The molecule has 3 aromatic carbocycles. The molecule has 0 aliphatic carbocycles. The maximum Gasteiger partial charge on any atom is 0.248 e. The third-order valence-corrected chi connectivity index (χ3v) is 5.54. The molecule has 0 aliphatic heterocycles. The summed E-state index contributed by atoms with van der Waals surface area (Å²) in [6, 6.07) is 23.2. The molecule has 0 saturated carbocycles. The maximum atomic E-state index is 5.97. The Hall–Kier alpha value is -4.26. The zero-order chi connectivity index (χ0) is 23.7. The van der Waals surface area contributed by atoms with Crippen LogP contribution >= 0.6 is 0 Å². The molecule has 170 valence electrons. The average molecular weight is 453 g/mol. The van der Waals surface area contributed by atoms with Crippen molar-refractivity contribution in [1.82, 2.24) is 20.4 Å². The Labute approximate surface area is 197 Å². The van der Waals surface area contributed by atoms with Gasteiger partial charge in [-0.1, -0.05) is 39.0 Å². The molecule has 0 saturated heterocycles. The Morgan fingerprint density at radius 2 is 1.03 bits per heavy atom. The first-order valence-electron chi connectivity index (χ1n) is 10.9. The Kier molecular flexibility index (Phi) is 5.45. The van der Waals surface area contributed by atoms with Crippen LogP contribution in [0.15, 0.2) is 81.6 Å². The van der Waals surface area contributed by atoms with E-state index in [0.29, 0.717) is 23.6 Å². The van der Waals surface area contributed by atoms with Crippen LogP contribution in [0.3, 0.4) is 0 Å². The number of ether oxygens (including phenoxy) is 1. The highest BCUT2D eigenvalue weighted by Crippen LogP contribution is 2.30. The van der Waals surface area contributed by atoms with Gasteiger partial charge in [0.15, 0.2) is 0 Å². The van der Waals surface area contributed by atoms with Crippen LogP contribution < -0.4 is 4.74 Å². The predicted octanol–water partition coefficient (Wildman–Crippen LogP) is 6.43. The molecule has 2 heterocycles. The van der Waals surface area contributed by atoms with E-state index in [0.717, 1.165) is 28.0 Å². The average Bonchev–Trinajstić information content (AvgIpc) is 3.54. The summed E-state index contributed by atoms with van der Waals surface area (Å²) in [7, 11) is 1.63. The lowest BCUT2D eigenvalue weighted by Crippen LogP contribution is -2.10. The zero-order valence-electron chi connectivity index (χ0n) is 19.4. The number of benzene rings is 3. The number of aromatic nitrogens is 4. The molecule has 0 amide bonds. The second-order valence-electron chi connectivity index (χ2n) is 8.96. The van der Waals surface area contributed by atoms with Gasteiger partial charge in [0.2, 0.25) is 23.6 Å². The van der Waals surface area contributed by atoms with E-state index in [1.807, 2.05) is 60.7 Å². The highest BCUT2D eigenvalue weighted by atomic mass is 16.5. The molecule has 0 atom stereocenters. The number of nitrogens with zero attached hydrogens (tertiary/aromatic N) is 4. The largest absolute Gasteiger partial charge is 0.497 e. The Morgan fingerprint density at radius 1 is 0.588 bits per heavy atom. The first-order valence-corrected chi connectivity index (χ1v) is 10.9. The van der Waals surface area contributed by atoms with Crippen molar-refractivity contribution >= 4 is 0 Å². The number of hydrogen-bond acceptors (Lipinski definition) is 7. The van der Waals surface area contributed by atoms with Gasteiger partial charge in [0, 0.05) is 22.3 Å². The molecule has 7 nitrogen and oxygen atoms in total. The van der Waals surface area contributed by atoms with Crippen molar-refractivity contribution in [3.05, 3.63) is 78.4 Å². The highest BCUT2D eigenvalue weighted by molar-refractivity contribution is 5.66. The summed E-state index contributed by atoms with van der Waals surface area (Å²) >= 11 is 0. The van der Waals surface area contributed by atoms with Crippen LogP contribution in [-0.4, -0.2) is 27.5 Å². The summed E-state index contributed by atoms with van der Waals surface area (Å²) in [5.74, 6) is 2.50. The molecule has 7 heteroatoms. The molecule has 0 radical (unpaired) electrons. The summed E-state index contributed by atoms with van der Waals surface area (Å²) in [6.07, 6.45) is 0. The molecule has 34 heavy (non-hydrogen) atoms. The standard InChI is InChI=1S/C27H24N4O3/c1-27(2,3)21-12-8-17(9-13-21)23-28-30-25(33-23)19-6-5-7-20(16-19)26-31-29-24(34-26)18-10-14-22(32-4)15-11-18/h5-16H,1-4H3. The summed E-state index contributed by atoms with van der Waals surface area (Å²) in [5, 5.41) is 16.9. The first-order chi connectivity index (χ1) is 16.4. The molecule has 2 aromatic heterocycles. The van der Waals surface area contributed by atoms with Crippen LogP contribution in [0, 0.1) is 0 Å². The normalized spacial score (nSPS) is 11.5. The first kappa shape index (κ1) is 21.6. The van der Waals surface area contributed by atoms with Crippen LogP contribution in [0.1, 0.15) is 26.3 Å². The molecule has 0 unspecified atom stereocenters. The van der Waals surface area contributed by atoms with Crippen molar-refractivity contribution in [2.75, 3.05) is 7.11 Å². The Bertz CT molecular complexity index is 1410. The van der Waals surface area contributed by atoms with Gasteiger partial charge in [-0.15, -0.1) is 20.4 Å². The van der Waals surface area contributed by atoms with Gasteiger partial charge in [0.1, 0.15) is 5.75 Å². The predicted molar refractivity (Wildman–Crippen MR) is 129 cm³/mol. The second-order valence-corrected chi connectivity index (χ2v) is 8.96. The van der Waals surface area contributed by atoms with Crippen LogP contribution in [0.25, 0.3) is 45.8 Å². The number of methoxy groups -OCH3 is 1. The van der Waals surface area contributed by atoms with Gasteiger partial charge < -0.3 is 13.6 Å². The van der Waals surface area contributed by atoms with E-state index >= 15 is 0 Å². The zero-order valence-corrected chi connectivity index (χ0v) is 19.4. The summed E-state index contributed by atoms with van der Waals surface area (Å²) in [4.78, 5) is 0. The van der Waals surface area contributed by atoms with E-state index in [2.05, 4.69) is 53.3 Å². The maximum absolute atomic E-state index is 5.97. The molecule has 5 rings (SSSR count). The van der Waals surface area contributed by atoms with Crippen LogP contribution in [0.5, 0.6) is 5.75 Å². The van der Waals surface area contributed by atoms with Crippen molar-refractivity contribution in [3.8, 4) is 51.6 Å². The Balaban J connectivity index is 1.39. The van der Waals surface area contributed by atoms with E-state index in [1.54, 1.807) is 7.11 Å². The van der Waals surface area contributed by atoms with E-state index < -0.39 is 0 Å². The lowest BCUT2D eigenvalue weighted by Gasteiger charge is -2.18. The van der Waals surface area contributed by atoms with E-state index in [9.17, 15) is 0 Å². The minimum Gasteiger partial charge on any atom is -0.497 e. The molecular weight excluding hydrogens is 428 g/mol. The van der Waals surface area contributed by atoms with E-state index in [-0.39, 0.29) is 5.41 Å². The summed E-state index contributed by atoms with van der Waals surface area (Å²) in [6.45, 7) is 6.55. The molecule has 0 fully saturated rings. The molecule has 0 bridgehead atoms. The molecule has 0 aliphatic rings. The minimum absolute atomic E-state index is 0.0843. The van der Waals surface area contributed by atoms with Crippen LogP contribution in [-0.2, 0) is 5.41 Å². The van der Waals surface area contributed by atoms with Crippen molar-refractivity contribution in [3.63, 3.8) is 0 Å². The lowest BCUT2D eigenvalue weighted by molar-refractivity contribution is 0.415. The number of rotatable bonds is 5. The van der Waals surface area contributed by atoms with E-state index in [1.165, 1.54) is 5.56 Å². The monoisotopic (exact) mass is 452 g/mol. The molecule has 5 aromatic rings. The van der Waals surface area contributed by atoms with Crippen molar-refractivity contribution in [2.24, 2.45) is 0 Å². The smallest absolute Gasteiger partial charge is 0.248 e. The van der Waals surface area contributed by atoms with Crippen molar-refractivity contribution < 1.29 is 13.6 Å². The van der Waals surface area contributed by atoms with Crippen molar-refractivity contribution in [1.29, 1.82) is 0 Å².